The van der Waals surface area contributed by atoms with Gasteiger partial charge in [0.25, 0.3) is 0 Å². The van der Waals surface area contributed by atoms with Crippen LogP contribution in [0.3, 0.4) is 0 Å². The fourth-order valence-corrected chi connectivity index (χ4v) is 3.55. The van der Waals surface area contributed by atoms with Gasteiger partial charge >= 0.3 is 23.9 Å². The quantitative estimate of drug-likeness (QED) is 0.184. The highest BCUT2D eigenvalue weighted by atomic mass is 16.4. The zero-order valence-electron chi connectivity index (χ0n) is 17.7. The molecule has 2 atom stereocenters. The van der Waals surface area contributed by atoms with Gasteiger partial charge in [0.2, 0.25) is 0 Å². The second-order valence-corrected chi connectivity index (χ2v) is 7.48. The Morgan fingerprint density at radius 3 is 1.03 bits per heavy atom. The first-order chi connectivity index (χ1) is 15.1. The van der Waals surface area contributed by atoms with Gasteiger partial charge in [-0.25, -0.2) is 0 Å². The normalized spacial score (nSPS) is 20.6. The van der Waals surface area contributed by atoms with Crippen molar-refractivity contribution in [3.05, 3.63) is 0 Å². The largest absolute Gasteiger partial charge is 0.480 e. The Balaban J connectivity index is 3.15. The Morgan fingerprint density at radius 1 is 0.562 bits per heavy atom. The van der Waals surface area contributed by atoms with Crippen LogP contribution in [-0.2, 0) is 19.2 Å². The third-order valence-corrected chi connectivity index (χ3v) is 5.33. The summed E-state index contributed by atoms with van der Waals surface area (Å²) < 4.78 is 0. The van der Waals surface area contributed by atoms with Crippen molar-refractivity contribution in [3.8, 4) is 0 Å². The molecule has 1 heterocycles. The van der Waals surface area contributed by atoms with Crippen molar-refractivity contribution in [3.63, 3.8) is 0 Å². The van der Waals surface area contributed by atoms with Crippen LogP contribution in [0.15, 0.2) is 0 Å². The first-order valence-corrected chi connectivity index (χ1v) is 10.1. The van der Waals surface area contributed by atoms with Crippen LogP contribution in [0.1, 0.15) is 0 Å². The molecule has 2 unspecified atom stereocenters. The lowest BCUT2D eigenvalue weighted by Gasteiger charge is -2.36. The van der Waals surface area contributed by atoms with Gasteiger partial charge in [-0.3, -0.25) is 38.8 Å². The highest BCUT2D eigenvalue weighted by molar-refractivity contribution is 5.74. The van der Waals surface area contributed by atoms with E-state index in [2.05, 4.69) is 0 Å². The third kappa shape index (κ3) is 9.42. The molecule has 32 heavy (non-hydrogen) atoms. The number of hydrogen-bond acceptors (Lipinski definition) is 10. The van der Waals surface area contributed by atoms with Gasteiger partial charge in [0.05, 0.1) is 26.3 Å². The molecule has 1 saturated heterocycles. The molecule has 0 saturated carbocycles. The molecule has 6 N–H and O–H groups in total. The first-order valence-electron chi connectivity index (χ1n) is 10.1. The van der Waals surface area contributed by atoms with Crippen molar-refractivity contribution in [2.24, 2.45) is 0 Å². The van der Waals surface area contributed by atoms with Crippen molar-refractivity contribution >= 4 is 23.9 Å². The summed E-state index contributed by atoms with van der Waals surface area (Å²) in [6, 6.07) is -2.47. The van der Waals surface area contributed by atoms with E-state index in [1.807, 2.05) is 0 Å². The van der Waals surface area contributed by atoms with E-state index < -0.39 is 49.2 Å². The van der Waals surface area contributed by atoms with Gasteiger partial charge in [-0.1, -0.05) is 0 Å². The third-order valence-electron chi connectivity index (χ3n) is 5.33. The van der Waals surface area contributed by atoms with Gasteiger partial charge in [-0.05, 0) is 0 Å². The number of aliphatic hydroxyl groups is 2. The van der Waals surface area contributed by atoms with Crippen molar-refractivity contribution < 1.29 is 49.8 Å². The van der Waals surface area contributed by atoms with Crippen LogP contribution in [0, 0.1) is 0 Å². The fourth-order valence-electron chi connectivity index (χ4n) is 3.55. The van der Waals surface area contributed by atoms with Crippen LogP contribution in [-0.4, -0.2) is 165 Å². The van der Waals surface area contributed by atoms with E-state index in [9.17, 15) is 49.8 Å². The highest BCUT2D eigenvalue weighted by Gasteiger charge is 2.29. The van der Waals surface area contributed by atoms with Crippen LogP contribution in [0.25, 0.3) is 0 Å². The molecule has 0 radical (unpaired) electrons. The molecule has 184 valence electrons. The van der Waals surface area contributed by atoms with Gasteiger partial charge in [0.15, 0.2) is 0 Å². The SMILES string of the molecule is O=C(O)CN1CCN(C(CO)C(=O)O)CCN(CC(=O)O)CCN(C(CO)C(=O)O)CC1. The van der Waals surface area contributed by atoms with Crippen LogP contribution in [0.5, 0.6) is 0 Å². The van der Waals surface area contributed by atoms with Crippen molar-refractivity contribution in [1.29, 1.82) is 0 Å². The van der Waals surface area contributed by atoms with Crippen LogP contribution in [0.2, 0.25) is 0 Å². The molecule has 0 bridgehead atoms. The molecule has 1 fully saturated rings. The molecule has 0 spiro atoms. The average Bonchev–Trinajstić information content (AvgIpc) is 2.68. The number of aliphatic carboxylic acids is 4. The molecule has 1 aliphatic heterocycles. The van der Waals surface area contributed by atoms with E-state index in [0.29, 0.717) is 0 Å². The molecule has 0 aromatic rings. The molecule has 14 nitrogen and oxygen atoms in total. The van der Waals surface area contributed by atoms with Gasteiger partial charge in [0, 0.05) is 52.4 Å². The van der Waals surface area contributed by atoms with Gasteiger partial charge in [-0.2, -0.15) is 0 Å². The maximum absolute atomic E-state index is 11.5. The zero-order chi connectivity index (χ0) is 24.3. The van der Waals surface area contributed by atoms with Gasteiger partial charge in [-0.15, -0.1) is 0 Å². The van der Waals surface area contributed by atoms with E-state index in [1.54, 1.807) is 0 Å². The second kappa shape index (κ2) is 13.9. The number of rotatable bonds is 10. The Morgan fingerprint density at radius 2 is 0.844 bits per heavy atom. The van der Waals surface area contributed by atoms with E-state index in [0.717, 1.165) is 0 Å². The lowest BCUT2D eigenvalue weighted by atomic mass is 10.2. The number of carbonyl (C=O) groups is 4. The molecule has 14 heteroatoms. The second-order valence-electron chi connectivity index (χ2n) is 7.48. The zero-order valence-corrected chi connectivity index (χ0v) is 17.7. The standard InChI is InChI=1S/C18H32N4O10/c23-11-13(17(29)30)21-5-1-19(9-15(25)26)2-6-22(14(12-24)18(31)32)8-4-20(3-7-21)10-16(27)28/h13-14,23-24H,1-12H2,(H,25,26)(H,27,28)(H,29,30)(H,31,32). The van der Waals surface area contributed by atoms with E-state index in [1.165, 1.54) is 19.6 Å². The van der Waals surface area contributed by atoms with E-state index >= 15 is 0 Å². The summed E-state index contributed by atoms with van der Waals surface area (Å²) in [5.74, 6) is -4.74. The average molecular weight is 464 g/mol. The lowest BCUT2D eigenvalue weighted by molar-refractivity contribution is -0.146. The minimum absolute atomic E-state index is 0.0913. The molecular weight excluding hydrogens is 432 g/mol. The summed E-state index contributed by atoms with van der Waals surface area (Å²) in [5, 5.41) is 56.2. The molecule has 0 aliphatic carbocycles. The molecule has 1 aliphatic rings. The van der Waals surface area contributed by atoms with Gasteiger partial charge < -0.3 is 30.6 Å². The van der Waals surface area contributed by atoms with Crippen LogP contribution in [0.4, 0.5) is 0 Å². The van der Waals surface area contributed by atoms with Crippen LogP contribution < -0.4 is 0 Å². The van der Waals surface area contributed by atoms with Gasteiger partial charge in [0.1, 0.15) is 12.1 Å². The van der Waals surface area contributed by atoms with Crippen molar-refractivity contribution in [2.75, 3.05) is 78.7 Å². The number of carboxylic acid groups (broad SMARTS) is 4. The summed E-state index contributed by atoms with van der Waals surface area (Å²) in [6.07, 6.45) is 0. The van der Waals surface area contributed by atoms with Crippen molar-refractivity contribution in [2.45, 2.75) is 12.1 Å². The Bertz CT molecular complexity index is 579. The molecule has 0 aromatic carbocycles. The summed E-state index contributed by atoms with van der Waals surface area (Å²) in [4.78, 5) is 51.5. The summed E-state index contributed by atoms with van der Waals surface area (Å²) >= 11 is 0. The molecule has 0 amide bonds. The summed E-state index contributed by atoms with van der Waals surface area (Å²) in [5.41, 5.74) is 0. The maximum atomic E-state index is 11.5. The molecule has 0 aromatic heterocycles. The van der Waals surface area contributed by atoms with Crippen molar-refractivity contribution in [1.82, 2.24) is 19.6 Å². The monoisotopic (exact) mass is 464 g/mol. The number of nitrogens with zero attached hydrogens (tertiary/aromatic N) is 4. The first kappa shape index (κ1) is 27.7. The fraction of sp³-hybridized carbons (Fsp3) is 0.778. The Kier molecular flexibility index (Phi) is 12.0. The number of carboxylic acids is 4. The van der Waals surface area contributed by atoms with E-state index in [4.69, 9.17) is 0 Å². The van der Waals surface area contributed by atoms with Crippen LogP contribution >= 0.6 is 0 Å². The minimum Gasteiger partial charge on any atom is -0.480 e. The maximum Gasteiger partial charge on any atom is 0.323 e. The minimum atomic E-state index is -1.26. The summed E-state index contributed by atoms with van der Waals surface area (Å²) in [7, 11) is 0. The molecular formula is C18H32N4O10. The predicted molar refractivity (Wildman–Crippen MR) is 108 cm³/mol. The Hall–Kier alpha value is -2.36. The predicted octanol–water partition coefficient (Wildman–Crippen LogP) is -3.73. The highest BCUT2D eigenvalue weighted by Crippen LogP contribution is 2.07. The number of aliphatic hydroxyl groups excluding tert-OH is 2. The molecule has 1 rings (SSSR count). The van der Waals surface area contributed by atoms with E-state index in [-0.39, 0.29) is 65.4 Å². The number of hydrogen-bond donors (Lipinski definition) is 6. The topological polar surface area (TPSA) is 203 Å². The Labute approximate surface area is 184 Å². The lowest BCUT2D eigenvalue weighted by Crippen LogP contribution is -2.54. The summed E-state index contributed by atoms with van der Waals surface area (Å²) in [6.45, 7) is -1.19. The smallest absolute Gasteiger partial charge is 0.323 e.